The quantitative estimate of drug-likeness (QED) is 0.768. The molecule has 3 aromatic rings. The summed E-state index contributed by atoms with van der Waals surface area (Å²) < 4.78 is 27.1. The van der Waals surface area contributed by atoms with E-state index in [1.165, 1.54) is 18.2 Å². The minimum Gasteiger partial charge on any atom is -0.340 e. The Morgan fingerprint density at radius 3 is 2.53 bits per heavy atom. The van der Waals surface area contributed by atoms with E-state index in [1.54, 1.807) is 0 Å². The van der Waals surface area contributed by atoms with Crippen LogP contribution in [0.4, 0.5) is 8.78 Å². The third-order valence-electron chi connectivity index (χ3n) is 2.94. The zero-order valence-electron chi connectivity index (χ0n) is 10.2. The van der Waals surface area contributed by atoms with Crippen LogP contribution in [0.2, 0.25) is 0 Å². The molecule has 2 aromatic heterocycles. The van der Waals surface area contributed by atoms with Crippen LogP contribution in [0.1, 0.15) is 17.1 Å². The summed E-state index contributed by atoms with van der Waals surface area (Å²) in [5, 5.41) is 0. The van der Waals surface area contributed by atoms with E-state index in [0.29, 0.717) is 11.5 Å². The molecule has 0 bridgehead atoms. The number of aryl methyl sites for hydroxylation is 1. The lowest BCUT2D eigenvalue weighted by Crippen LogP contribution is -1.98. The van der Waals surface area contributed by atoms with Gasteiger partial charge in [-0.2, -0.15) is 0 Å². The first kappa shape index (κ1) is 11.8. The van der Waals surface area contributed by atoms with Crippen LogP contribution in [0.15, 0.2) is 30.3 Å². The Hall–Kier alpha value is -2.30. The van der Waals surface area contributed by atoms with E-state index < -0.39 is 11.6 Å². The van der Waals surface area contributed by atoms with E-state index in [-0.39, 0.29) is 12.0 Å². The molecule has 0 aliphatic rings. The van der Waals surface area contributed by atoms with Crippen molar-refractivity contribution in [3.05, 3.63) is 59.0 Å². The summed E-state index contributed by atoms with van der Waals surface area (Å²) in [5.41, 5.74) is 2.19. The second-order valence-electron chi connectivity index (χ2n) is 4.38. The second-order valence-corrected chi connectivity index (χ2v) is 4.38. The number of pyridine rings is 1. The van der Waals surface area contributed by atoms with Crippen LogP contribution in [-0.4, -0.2) is 15.0 Å². The van der Waals surface area contributed by atoms with Crippen LogP contribution in [0.25, 0.3) is 11.2 Å². The minimum atomic E-state index is -0.565. The molecule has 0 saturated carbocycles. The molecule has 0 fully saturated rings. The molecule has 2 heterocycles. The van der Waals surface area contributed by atoms with Crippen LogP contribution in [0.5, 0.6) is 0 Å². The van der Waals surface area contributed by atoms with E-state index in [2.05, 4.69) is 15.0 Å². The Labute approximate surface area is 108 Å². The van der Waals surface area contributed by atoms with E-state index in [1.807, 2.05) is 19.1 Å². The highest BCUT2D eigenvalue weighted by atomic mass is 19.1. The van der Waals surface area contributed by atoms with E-state index >= 15 is 0 Å². The third-order valence-corrected chi connectivity index (χ3v) is 2.94. The normalized spacial score (nSPS) is 11.1. The van der Waals surface area contributed by atoms with Crippen LogP contribution in [0.3, 0.4) is 0 Å². The number of H-pyrrole nitrogens is 1. The van der Waals surface area contributed by atoms with Crippen LogP contribution >= 0.6 is 0 Å². The number of hydrogen-bond acceptors (Lipinski definition) is 2. The number of imidazole rings is 1. The molecule has 96 valence electrons. The number of aromatic nitrogens is 3. The van der Waals surface area contributed by atoms with Gasteiger partial charge in [0.15, 0.2) is 5.65 Å². The fraction of sp³-hybridized carbons (Fsp3) is 0.143. The molecule has 0 amide bonds. The number of benzene rings is 1. The summed E-state index contributed by atoms with van der Waals surface area (Å²) in [6.07, 6.45) is 0.0773. The molecule has 0 unspecified atom stereocenters. The van der Waals surface area contributed by atoms with Gasteiger partial charge in [-0.25, -0.2) is 18.7 Å². The lowest BCUT2D eigenvalue weighted by atomic mass is 10.1. The Kier molecular flexibility index (Phi) is 2.74. The molecule has 0 radical (unpaired) electrons. The molecule has 0 saturated heterocycles. The highest BCUT2D eigenvalue weighted by molar-refractivity contribution is 5.70. The number of nitrogens with one attached hydrogen (secondary N) is 1. The first-order valence-electron chi connectivity index (χ1n) is 5.88. The minimum absolute atomic E-state index is 0.0123. The van der Waals surface area contributed by atoms with Crippen molar-refractivity contribution in [2.24, 2.45) is 0 Å². The standard InChI is InChI=1S/C14H11F2N3/c1-8-5-6-12-14(17-8)19-13(18-12)7-9-10(15)3-2-4-11(9)16/h2-6H,7H2,1H3,(H,17,18,19). The largest absolute Gasteiger partial charge is 0.340 e. The van der Waals surface area contributed by atoms with Gasteiger partial charge in [0.25, 0.3) is 0 Å². The molecule has 3 rings (SSSR count). The summed E-state index contributed by atoms with van der Waals surface area (Å²) in [7, 11) is 0. The average molecular weight is 259 g/mol. The lowest BCUT2D eigenvalue weighted by Gasteiger charge is -2.01. The molecular formula is C14H11F2N3. The van der Waals surface area contributed by atoms with Crippen molar-refractivity contribution >= 4 is 11.2 Å². The highest BCUT2D eigenvalue weighted by Gasteiger charge is 2.12. The zero-order valence-corrected chi connectivity index (χ0v) is 10.2. The van der Waals surface area contributed by atoms with Gasteiger partial charge in [-0.3, -0.25) is 0 Å². The summed E-state index contributed by atoms with van der Waals surface area (Å²) >= 11 is 0. The van der Waals surface area contributed by atoms with Gasteiger partial charge in [0.1, 0.15) is 17.5 Å². The predicted octanol–water partition coefficient (Wildman–Crippen LogP) is 3.14. The molecule has 5 heteroatoms. The van der Waals surface area contributed by atoms with Crippen LogP contribution in [0, 0.1) is 18.6 Å². The van der Waals surface area contributed by atoms with Gasteiger partial charge in [-0.1, -0.05) is 6.07 Å². The van der Waals surface area contributed by atoms with Gasteiger partial charge in [0.2, 0.25) is 0 Å². The number of rotatable bonds is 2. The Morgan fingerprint density at radius 1 is 1.05 bits per heavy atom. The topological polar surface area (TPSA) is 41.6 Å². The first-order chi connectivity index (χ1) is 9.13. The molecule has 1 aromatic carbocycles. The number of nitrogens with zero attached hydrogens (tertiary/aromatic N) is 2. The summed E-state index contributed by atoms with van der Waals surface area (Å²) in [5.74, 6) is -0.633. The van der Waals surface area contributed by atoms with Gasteiger partial charge in [-0.15, -0.1) is 0 Å². The zero-order chi connectivity index (χ0) is 13.4. The Bertz CT molecular complexity index is 729. The van der Waals surface area contributed by atoms with Crippen molar-refractivity contribution in [3.8, 4) is 0 Å². The summed E-state index contributed by atoms with van der Waals surface area (Å²) in [6.45, 7) is 1.87. The maximum Gasteiger partial charge on any atom is 0.177 e. The molecular weight excluding hydrogens is 248 g/mol. The molecule has 0 atom stereocenters. The smallest absolute Gasteiger partial charge is 0.177 e. The molecule has 3 nitrogen and oxygen atoms in total. The molecule has 0 spiro atoms. The van der Waals surface area contributed by atoms with E-state index in [9.17, 15) is 8.78 Å². The van der Waals surface area contributed by atoms with Gasteiger partial charge >= 0.3 is 0 Å². The fourth-order valence-electron chi connectivity index (χ4n) is 1.99. The number of hydrogen-bond donors (Lipinski definition) is 1. The van der Waals surface area contributed by atoms with Crippen molar-refractivity contribution in [3.63, 3.8) is 0 Å². The molecule has 0 aliphatic heterocycles. The van der Waals surface area contributed by atoms with Crippen molar-refractivity contribution in [1.29, 1.82) is 0 Å². The first-order valence-corrected chi connectivity index (χ1v) is 5.88. The van der Waals surface area contributed by atoms with Gasteiger partial charge in [0, 0.05) is 17.7 Å². The predicted molar refractivity (Wildman–Crippen MR) is 67.8 cm³/mol. The van der Waals surface area contributed by atoms with Gasteiger partial charge < -0.3 is 4.98 Å². The van der Waals surface area contributed by atoms with E-state index in [4.69, 9.17) is 0 Å². The molecule has 1 N–H and O–H groups in total. The average Bonchev–Trinajstić information content (AvgIpc) is 2.75. The van der Waals surface area contributed by atoms with Gasteiger partial charge in [0.05, 0.1) is 5.52 Å². The van der Waals surface area contributed by atoms with E-state index in [0.717, 1.165) is 11.2 Å². The Morgan fingerprint density at radius 2 is 1.79 bits per heavy atom. The van der Waals surface area contributed by atoms with Crippen molar-refractivity contribution in [1.82, 2.24) is 15.0 Å². The van der Waals surface area contributed by atoms with Crippen LogP contribution in [-0.2, 0) is 6.42 Å². The molecule has 19 heavy (non-hydrogen) atoms. The maximum atomic E-state index is 13.6. The maximum absolute atomic E-state index is 13.6. The van der Waals surface area contributed by atoms with Crippen molar-refractivity contribution in [2.45, 2.75) is 13.3 Å². The number of halogens is 2. The van der Waals surface area contributed by atoms with Gasteiger partial charge in [-0.05, 0) is 31.2 Å². The van der Waals surface area contributed by atoms with Crippen molar-refractivity contribution < 1.29 is 8.78 Å². The van der Waals surface area contributed by atoms with Crippen molar-refractivity contribution in [2.75, 3.05) is 0 Å². The summed E-state index contributed by atoms with van der Waals surface area (Å²) in [4.78, 5) is 11.5. The third kappa shape index (κ3) is 2.19. The van der Waals surface area contributed by atoms with Crippen LogP contribution < -0.4 is 0 Å². The Balaban J connectivity index is 2.01. The molecule has 0 aliphatic carbocycles. The summed E-state index contributed by atoms with van der Waals surface area (Å²) in [6, 6.07) is 7.53. The second kappa shape index (κ2) is 4.42. The monoisotopic (exact) mass is 259 g/mol. The number of aromatic amines is 1. The SMILES string of the molecule is Cc1ccc2[nH]c(Cc3c(F)cccc3F)nc2n1. The number of fused-ring (bicyclic) bond motifs is 1. The lowest BCUT2D eigenvalue weighted by molar-refractivity contribution is 0.559. The fourth-order valence-corrected chi connectivity index (χ4v) is 1.99. The highest BCUT2D eigenvalue weighted by Crippen LogP contribution is 2.17.